The minimum absolute atomic E-state index is 0.102. The Labute approximate surface area is 213 Å². The molecule has 198 valence electrons. The van der Waals surface area contributed by atoms with Crippen molar-refractivity contribution < 1.29 is 27.5 Å². The molecule has 1 amide bonds. The number of pyridine rings is 1. The molecule has 11 heteroatoms. The van der Waals surface area contributed by atoms with E-state index in [0.717, 1.165) is 18.1 Å². The first-order valence-electron chi connectivity index (χ1n) is 11.8. The summed E-state index contributed by atoms with van der Waals surface area (Å²) >= 11 is 0. The van der Waals surface area contributed by atoms with Gasteiger partial charge in [-0.3, -0.25) is 14.2 Å². The largest absolute Gasteiger partial charge is 0.466 e. The molecule has 3 rings (SSSR count). The predicted octanol–water partition coefficient (Wildman–Crippen LogP) is 5.17. The van der Waals surface area contributed by atoms with Gasteiger partial charge in [0, 0.05) is 18.3 Å². The highest BCUT2D eigenvalue weighted by Gasteiger charge is 2.33. The number of ether oxygens (including phenoxy) is 1. The normalized spacial score (nSPS) is 12.6. The summed E-state index contributed by atoms with van der Waals surface area (Å²) in [6.45, 7) is 8.39. The highest BCUT2D eigenvalue weighted by atomic mass is 19.4. The van der Waals surface area contributed by atoms with Gasteiger partial charge in [0.1, 0.15) is 12.1 Å². The standard InChI is InChI=1S/C26H30F3N5O3/c1-5-37-22(35)12-13-30-24(36)18-8-6-17(7-9-18)23(25(2,3)4)33-19-10-11-21(31-14-19)34-15-20(32-16-34)26(27,28)29/h6-11,14-16,23,33H,5,12-13H2,1-4H3,(H,30,36). The molecule has 1 aromatic carbocycles. The quantitative estimate of drug-likeness (QED) is 0.380. The number of imidazole rings is 1. The minimum Gasteiger partial charge on any atom is -0.466 e. The Balaban J connectivity index is 1.68. The number of nitrogens with one attached hydrogen (secondary N) is 2. The van der Waals surface area contributed by atoms with Gasteiger partial charge in [-0.05, 0) is 42.2 Å². The van der Waals surface area contributed by atoms with Crippen LogP contribution in [0, 0.1) is 5.41 Å². The van der Waals surface area contributed by atoms with Crippen LogP contribution in [0.3, 0.4) is 0 Å². The lowest BCUT2D eigenvalue weighted by Gasteiger charge is -2.33. The lowest BCUT2D eigenvalue weighted by Crippen LogP contribution is -2.27. The Hall–Kier alpha value is -3.89. The van der Waals surface area contributed by atoms with E-state index in [1.165, 1.54) is 4.57 Å². The monoisotopic (exact) mass is 517 g/mol. The molecule has 37 heavy (non-hydrogen) atoms. The van der Waals surface area contributed by atoms with E-state index in [4.69, 9.17) is 4.74 Å². The fourth-order valence-electron chi connectivity index (χ4n) is 3.63. The van der Waals surface area contributed by atoms with Gasteiger partial charge in [-0.1, -0.05) is 32.9 Å². The van der Waals surface area contributed by atoms with Crippen LogP contribution in [0.4, 0.5) is 18.9 Å². The van der Waals surface area contributed by atoms with Crippen molar-refractivity contribution in [3.63, 3.8) is 0 Å². The SMILES string of the molecule is CCOC(=O)CCNC(=O)c1ccc(C(Nc2ccc(-n3cnc(C(F)(F)F)c3)nc2)C(C)(C)C)cc1. The summed E-state index contributed by atoms with van der Waals surface area (Å²) in [6, 6.07) is 10.3. The average molecular weight is 518 g/mol. The third kappa shape index (κ3) is 7.55. The topological polar surface area (TPSA) is 98.1 Å². The number of carbonyl (C=O) groups is 2. The van der Waals surface area contributed by atoms with Crippen molar-refractivity contribution >= 4 is 17.6 Å². The highest BCUT2D eigenvalue weighted by molar-refractivity contribution is 5.94. The number of hydrogen-bond donors (Lipinski definition) is 2. The second-order valence-corrected chi connectivity index (χ2v) is 9.45. The minimum atomic E-state index is -4.52. The summed E-state index contributed by atoms with van der Waals surface area (Å²) in [7, 11) is 0. The van der Waals surface area contributed by atoms with Gasteiger partial charge in [0.2, 0.25) is 0 Å². The molecule has 3 aromatic rings. The molecule has 2 N–H and O–H groups in total. The average Bonchev–Trinajstić information content (AvgIpc) is 3.34. The van der Waals surface area contributed by atoms with Crippen LogP contribution in [-0.2, 0) is 15.7 Å². The van der Waals surface area contributed by atoms with Crippen molar-refractivity contribution in [1.29, 1.82) is 0 Å². The first kappa shape index (κ1) is 27.7. The van der Waals surface area contributed by atoms with Crippen molar-refractivity contribution in [3.8, 4) is 5.82 Å². The number of aromatic nitrogens is 3. The molecular weight excluding hydrogens is 487 g/mol. The van der Waals surface area contributed by atoms with Gasteiger partial charge < -0.3 is 15.4 Å². The van der Waals surface area contributed by atoms with Gasteiger partial charge in [-0.2, -0.15) is 13.2 Å². The summed E-state index contributed by atoms with van der Waals surface area (Å²) in [5, 5.41) is 6.13. The van der Waals surface area contributed by atoms with E-state index in [1.807, 2.05) is 12.1 Å². The summed E-state index contributed by atoms with van der Waals surface area (Å²) in [6.07, 6.45) is -0.907. The van der Waals surface area contributed by atoms with Crippen molar-refractivity contribution in [2.45, 2.75) is 46.3 Å². The summed E-state index contributed by atoms with van der Waals surface area (Å²) in [4.78, 5) is 31.5. The van der Waals surface area contributed by atoms with Crippen molar-refractivity contribution in [2.75, 3.05) is 18.5 Å². The molecule has 0 radical (unpaired) electrons. The maximum absolute atomic E-state index is 12.8. The second kappa shape index (κ2) is 11.4. The number of amides is 1. The van der Waals surface area contributed by atoms with Crippen LogP contribution in [0.1, 0.15) is 61.8 Å². The zero-order chi connectivity index (χ0) is 27.2. The molecule has 0 aliphatic rings. The van der Waals surface area contributed by atoms with Gasteiger partial charge in [-0.15, -0.1) is 0 Å². The van der Waals surface area contributed by atoms with Crippen LogP contribution in [0.25, 0.3) is 5.82 Å². The number of alkyl halides is 3. The van der Waals surface area contributed by atoms with Gasteiger partial charge in [0.25, 0.3) is 5.91 Å². The van der Waals surface area contributed by atoms with E-state index in [1.54, 1.807) is 37.4 Å². The number of nitrogens with zero attached hydrogens (tertiary/aromatic N) is 3. The Morgan fingerprint density at radius 3 is 2.30 bits per heavy atom. The predicted molar refractivity (Wildman–Crippen MR) is 132 cm³/mol. The fourth-order valence-corrected chi connectivity index (χ4v) is 3.63. The first-order valence-corrected chi connectivity index (χ1v) is 11.8. The number of benzene rings is 1. The Bertz CT molecular complexity index is 1200. The number of hydrogen-bond acceptors (Lipinski definition) is 6. The lowest BCUT2D eigenvalue weighted by molar-refractivity contribution is -0.143. The summed E-state index contributed by atoms with van der Waals surface area (Å²) in [5.74, 6) is -0.348. The van der Waals surface area contributed by atoms with Crippen LogP contribution < -0.4 is 10.6 Å². The highest BCUT2D eigenvalue weighted by Crippen LogP contribution is 2.36. The molecule has 0 bridgehead atoms. The van der Waals surface area contributed by atoms with Crippen molar-refractivity contribution in [3.05, 3.63) is 71.9 Å². The Kier molecular flexibility index (Phi) is 8.57. The molecule has 0 aliphatic heterocycles. The molecule has 2 heterocycles. The van der Waals surface area contributed by atoms with E-state index < -0.39 is 11.9 Å². The Morgan fingerprint density at radius 1 is 1.05 bits per heavy atom. The molecule has 1 unspecified atom stereocenters. The molecule has 0 aliphatic carbocycles. The maximum Gasteiger partial charge on any atom is 0.434 e. The van der Waals surface area contributed by atoms with Crippen molar-refractivity contribution in [2.24, 2.45) is 5.41 Å². The van der Waals surface area contributed by atoms with Crippen LogP contribution in [0.2, 0.25) is 0 Å². The summed E-state index contributed by atoms with van der Waals surface area (Å²) in [5.41, 5.74) is 0.864. The first-order chi connectivity index (χ1) is 17.4. The van der Waals surface area contributed by atoms with E-state index in [0.29, 0.717) is 23.7 Å². The molecule has 8 nitrogen and oxygen atoms in total. The molecule has 0 saturated heterocycles. The van der Waals surface area contributed by atoms with E-state index >= 15 is 0 Å². The van der Waals surface area contributed by atoms with E-state index in [9.17, 15) is 22.8 Å². The fraction of sp³-hybridized carbons (Fsp3) is 0.385. The number of anilines is 1. The Morgan fingerprint density at radius 2 is 1.76 bits per heavy atom. The van der Waals surface area contributed by atoms with Gasteiger partial charge in [0.15, 0.2) is 5.69 Å². The molecule has 0 saturated carbocycles. The molecule has 2 aromatic heterocycles. The number of halogens is 3. The number of rotatable bonds is 9. The molecule has 0 fully saturated rings. The summed E-state index contributed by atoms with van der Waals surface area (Å²) < 4.78 is 44.6. The van der Waals surface area contributed by atoms with Crippen LogP contribution in [0.5, 0.6) is 0 Å². The zero-order valence-corrected chi connectivity index (χ0v) is 21.1. The van der Waals surface area contributed by atoms with Gasteiger partial charge >= 0.3 is 12.1 Å². The maximum atomic E-state index is 12.8. The number of carbonyl (C=O) groups excluding carboxylic acids is 2. The molecule has 0 spiro atoms. The third-order valence-electron chi connectivity index (χ3n) is 5.49. The lowest BCUT2D eigenvalue weighted by atomic mass is 9.82. The molecule has 1 atom stereocenters. The van der Waals surface area contributed by atoms with Crippen molar-refractivity contribution in [1.82, 2.24) is 19.9 Å². The van der Waals surface area contributed by atoms with E-state index in [-0.39, 0.29) is 36.3 Å². The smallest absolute Gasteiger partial charge is 0.434 e. The van der Waals surface area contributed by atoms with Crippen LogP contribution in [0.15, 0.2) is 55.1 Å². The van der Waals surface area contributed by atoms with Gasteiger partial charge in [0.05, 0.1) is 31.0 Å². The van der Waals surface area contributed by atoms with Crippen LogP contribution in [-0.4, -0.2) is 39.6 Å². The van der Waals surface area contributed by atoms with Gasteiger partial charge in [-0.25, -0.2) is 9.97 Å². The van der Waals surface area contributed by atoms with Crippen LogP contribution >= 0.6 is 0 Å². The zero-order valence-electron chi connectivity index (χ0n) is 21.1. The molecular formula is C26H30F3N5O3. The van der Waals surface area contributed by atoms with E-state index in [2.05, 4.69) is 41.4 Å². The second-order valence-electron chi connectivity index (χ2n) is 9.45. The third-order valence-corrected chi connectivity index (χ3v) is 5.49. The number of esters is 1.